The summed E-state index contributed by atoms with van der Waals surface area (Å²) in [5.74, 6) is -0.307. The summed E-state index contributed by atoms with van der Waals surface area (Å²) in [5.41, 5.74) is 0.412. The SMILES string of the molecule is O=C(CCN1CCCCC1)OCc1ccccc1[N+](=O)[O-]. The number of nitro groups is 1. The van der Waals surface area contributed by atoms with Crippen LogP contribution >= 0.6 is 0 Å². The number of nitro benzene ring substituents is 1. The second kappa shape index (κ2) is 7.73. The minimum absolute atomic E-state index is 0.0127. The first-order chi connectivity index (χ1) is 10.2. The molecule has 0 unspecified atom stereocenters. The third kappa shape index (κ3) is 4.82. The predicted octanol–water partition coefficient (Wildman–Crippen LogP) is 2.51. The number of carbonyl (C=O) groups excluding carboxylic acids is 1. The molecule has 0 radical (unpaired) electrons. The molecule has 0 N–H and O–H groups in total. The highest BCUT2D eigenvalue weighted by Gasteiger charge is 2.15. The molecule has 0 aromatic heterocycles. The lowest BCUT2D eigenvalue weighted by atomic mass is 10.1. The van der Waals surface area contributed by atoms with Crippen LogP contribution in [0.5, 0.6) is 0 Å². The van der Waals surface area contributed by atoms with E-state index < -0.39 is 4.92 Å². The van der Waals surface area contributed by atoms with Crippen molar-refractivity contribution < 1.29 is 14.5 Å². The standard InChI is InChI=1S/C15H20N2O4/c18-15(8-11-16-9-4-1-5-10-16)21-12-13-6-2-3-7-14(13)17(19)20/h2-3,6-7H,1,4-5,8-12H2. The molecule has 1 aromatic carbocycles. The van der Waals surface area contributed by atoms with E-state index in [0.29, 0.717) is 18.5 Å². The summed E-state index contributed by atoms with van der Waals surface area (Å²) < 4.78 is 5.14. The fourth-order valence-electron chi connectivity index (χ4n) is 2.47. The van der Waals surface area contributed by atoms with E-state index in [1.165, 1.54) is 25.3 Å². The number of hydrogen-bond acceptors (Lipinski definition) is 5. The first-order valence-electron chi connectivity index (χ1n) is 7.27. The molecule has 2 rings (SSSR count). The molecular weight excluding hydrogens is 272 g/mol. The fraction of sp³-hybridized carbons (Fsp3) is 0.533. The van der Waals surface area contributed by atoms with Gasteiger partial charge < -0.3 is 9.64 Å². The van der Waals surface area contributed by atoms with Crippen molar-refractivity contribution in [3.8, 4) is 0 Å². The second-order valence-electron chi connectivity index (χ2n) is 5.20. The summed E-state index contributed by atoms with van der Waals surface area (Å²) in [7, 11) is 0. The monoisotopic (exact) mass is 292 g/mol. The van der Waals surface area contributed by atoms with Crippen molar-refractivity contribution in [1.82, 2.24) is 4.90 Å². The summed E-state index contributed by atoms with van der Waals surface area (Å²) in [6.45, 7) is 2.74. The topological polar surface area (TPSA) is 72.7 Å². The van der Waals surface area contributed by atoms with Gasteiger partial charge in [0.2, 0.25) is 0 Å². The van der Waals surface area contributed by atoms with Gasteiger partial charge in [0.15, 0.2) is 0 Å². The van der Waals surface area contributed by atoms with Gasteiger partial charge in [0.25, 0.3) is 5.69 Å². The second-order valence-corrected chi connectivity index (χ2v) is 5.20. The third-order valence-corrected chi connectivity index (χ3v) is 3.66. The Kier molecular flexibility index (Phi) is 5.68. The summed E-state index contributed by atoms with van der Waals surface area (Å²) >= 11 is 0. The van der Waals surface area contributed by atoms with E-state index in [4.69, 9.17) is 4.74 Å². The molecule has 6 nitrogen and oxygen atoms in total. The molecule has 0 amide bonds. The molecule has 0 atom stereocenters. The molecule has 1 aliphatic heterocycles. The highest BCUT2D eigenvalue weighted by molar-refractivity contribution is 5.69. The van der Waals surface area contributed by atoms with E-state index in [-0.39, 0.29) is 18.3 Å². The zero-order valence-corrected chi connectivity index (χ0v) is 12.0. The lowest BCUT2D eigenvalue weighted by Gasteiger charge is -2.25. The van der Waals surface area contributed by atoms with Crippen LogP contribution < -0.4 is 0 Å². The number of likely N-dealkylation sites (tertiary alicyclic amines) is 1. The Morgan fingerprint density at radius 1 is 1.24 bits per heavy atom. The van der Waals surface area contributed by atoms with Gasteiger partial charge in [-0.15, -0.1) is 0 Å². The van der Waals surface area contributed by atoms with Gasteiger partial charge in [-0.2, -0.15) is 0 Å². The van der Waals surface area contributed by atoms with Crippen LogP contribution in [0.2, 0.25) is 0 Å². The number of para-hydroxylation sites is 1. The molecule has 0 spiro atoms. The van der Waals surface area contributed by atoms with Crippen molar-refractivity contribution in [2.24, 2.45) is 0 Å². The Morgan fingerprint density at radius 2 is 1.95 bits per heavy atom. The lowest BCUT2D eigenvalue weighted by molar-refractivity contribution is -0.385. The molecule has 1 saturated heterocycles. The van der Waals surface area contributed by atoms with Crippen LogP contribution in [0.15, 0.2) is 24.3 Å². The minimum Gasteiger partial charge on any atom is -0.460 e. The number of esters is 1. The molecule has 1 heterocycles. The van der Waals surface area contributed by atoms with Crippen molar-refractivity contribution in [3.05, 3.63) is 39.9 Å². The first-order valence-corrected chi connectivity index (χ1v) is 7.27. The van der Waals surface area contributed by atoms with Crippen LogP contribution in [0, 0.1) is 10.1 Å². The maximum absolute atomic E-state index is 11.7. The van der Waals surface area contributed by atoms with Crippen molar-refractivity contribution >= 4 is 11.7 Å². The molecular formula is C15H20N2O4. The van der Waals surface area contributed by atoms with Crippen LogP contribution in [0.1, 0.15) is 31.2 Å². The van der Waals surface area contributed by atoms with Gasteiger partial charge in [-0.05, 0) is 32.0 Å². The largest absolute Gasteiger partial charge is 0.460 e. The van der Waals surface area contributed by atoms with Gasteiger partial charge in [0.05, 0.1) is 16.9 Å². The van der Waals surface area contributed by atoms with Gasteiger partial charge >= 0.3 is 5.97 Å². The van der Waals surface area contributed by atoms with Crippen molar-refractivity contribution in [1.29, 1.82) is 0 Å². The smallest absolute Gasteiger partial charge is 0.307 e. The Morgan fingerprint density at radius 3 is 2.67 bits per heavy atom. The average molecular weight is 292 g/mol. The molecule has 1 fully saturated rings. The molecule has 1 aliphatic rings. The van der Waals surface area contributed by atoms with E-state index >= 15 is 0 Å². The molecule has 1 aromatic rings. The highest BCUT2D eigenvalue weighted by atomic mass is 16.6. The number of hydrogen-bond donors (Lipinski definition) is 0. The number of piperidine rings is 1. The molecule has 0 aliphatic carbocycles. The van der Waals surface area contributed by atoms with Gasteiger partial charge in [-0.25, -0.2) is 0 Å². The van der Waals surface area contributed by atoms with E-state index in [1.807, 2.05) is 0 Å². The van der Waals surface area contributed by atoms with Crippen molar-refractivity contribution in [2.45, 2.75) is 32.3 Å². The van der Waals surface area contributed by atoms with E-state index in [1.54, 1.807) is 18.2 Å². The fourth-order valence-corrected chi connectivity index (χ4v) is 2.47. The normalized spacial score (nSPS) is 15.6. The van der Waals surface area contributed by atoms with Gasteiger partial charge in [-0.1, -0.05) is 18.6 Å². The number of nitrogens with zero attached hydrogens (tertiary/aromatic N) is 2. The van der Waals surface area contributed by atoms with Gasteiger partial charge in [-0.3, -0.25) is 14.9 Å². The summed E-state index contributed by atoms with van der Waals surface area (Å²) in [5, 5.41) is 10.9. The first kappa shape index (κ1) is 15.4. The number of benzene rings is 1. The Labute approximate surface area is 123 Å². The maximum Gasteiger partial charge on any atom is 0.307 e. The Balaban J connectivity index is 1.77. The summed E-state index contributed by atoms with van der Waals surface area (Å²) in [4.78, 5) is 24.4. The summed E-state index contributed by atoms with van der Waals surface area (Å²) in [6.07, 6.45) is 3.97. The Bertz CT molecular complexity index is 498. The van der Waals surface area contributed by atoms with Crippen LogP contribution in [0.25, 0.3) is 0 Å². The van der Waals surface area contributed by atoms with E-state index in [0.717, 1.165) is 13.1 Å². The zero-order valence-electron chi connectivity index (χ0n) is 12.0. The van der Waals surface area contributed by atoms with Crippen LogP contribution in [-0.2, 0) is 16.1 Å². The summed E-state index contributed by atoms with van der Waals surface area (Å²) in [6, 6.07) is 6.32. The lowest BCUT2D eigenvalue weighted by Crippen LogP contribution is -2.31. The number of carbonyl (C=O) groups is 1. The molecule has 114 valence electrons. The van der Waals surface area contributed by atoms with Gasteiger partial charge in [0, 0.05) is 12.6 Å². The van der Waals surface area contributed by atoms with Gasteiger partial charge in [0.1, 0.15) is 6.61 Å². The van der Waals surface area contributed by atoms with E-state index in [9.17, 15) is 14.9 Å². The average Bonchev–Trinajstić information content (AvgIpc) is 2.52. The quantitative estimate of drug-likeness (QED) is 0.457. The molecule has 6 heteroatoms. The number of ether oxygens (including phenoxy) is 1. The number of rotatable bonds is 6. The van der Waals surface area contributed by atoms with Crippen LogP contribution in [0.4, 0.5) is 5.69 Å². The molecule has 0 bridgehead atoms. The van der Waals surface area contributed by atoms with Crippen molar-refractivity contribution in [2.75, 3.05) is 19.6 Å². The van der Waals surface area contributed by atoms with Crippen LogP contribution in [-0.4, -0.2) is 35.4 Å². The predicted molar refractivity (Wildman–Crippen MR) is 77.8 cm³/mol. The van der Waals surface area contributed by atoms with Crippen molar-refractivity contribution in [3.63, 3.8) is 0 Å². The third-order valence-electron chi connectivity index (χ3n) is 3.66. The van der Waals surface area contributed by atoms with E-state index in [2.05, 4.69) is 4.90 Å². The maximum atomic E-state index is 11.7. The zero-order chi connectivity index (χ0) is 15.1. The van der Waals surface area contributed by atoms with Crippen LogP contribution in [0.3, 0.4) is 0 Å². The Hall–Kier alpha value is -1.95. The molecule has 21 heavy (non-hydrogen) atoms. The molecule has 0 saturated carbocycles. The highest BCUT2D eigenvalue weighted by Crippen LogP contribution is 2.18. The minimum atomic E-state index is -0.461.